The molecular weight excluding hydrogens is 428 g/mol. The summed E-state index contributed by atoms with van der Waals surface area (Å²) in [6.45, 7) is 4.45. The van der Waals surface area contributed by atoms with Crippen LogP contribution in [-0.4, -0.2) is 57.4 Å². The molecule has 0 bridgehead atoms. The van der Waals surface area contributed by atoms with Gasteiger partial charge in [0.1, 0.15) is 0 Å². The van der Waals surface area contributed by atoms with Crippen molar-refractivity contribution in [3.8, 4) is 11.5 Å². The molecule has 33 heavy (non-hydrogen) atoms. The number of ether oxygens (including phenoxy) is 3. The first-order chi connectivity index (χ1) is 15.9. The van der Waals surface area contributed by atoms with Gasteiger partial charge in [0.2, 0.25) is 0 Å². The van der Waals surface area contributed by atoms with Crippen LogP contribution in [0.1, 0.15) is 18.1 Å². The minimum atomic E-state index is -0.896. The highest BCUT2D eigenvalue weighted by Crippen LogP contribution is 2.28. The van der Waals surface area contributed by atoms with E-state index < -0.39 is 11.8 Å². The van der Waals surface area contributed by atoms with Crippen LogP contribution in [0.4, 0.5) is 5.69 Å². The van der Waals surface area contributed by atoms with Gasteiger partial charge in [0, 0.05) is 19.3 Å². The highest BCUT2D eigenvalue weighted by atomic mass is 16.5. The molecule has 2 rings (SSSR count). The molecule has 10 nitrogen and oxygen atoms in total. The van der Waals surface area contributed by atoms with Gasteiger partial charge < -0.3 is 24.8 Å². The summed E-state index contributed by atoms with van der Waals surface area (Å²) in [6.07, 6.45) is 1.36. The molecule has 0 aliphatic rings. The lowest BCUT2D eigenvalue weighted by atomic mass is 10.2. The second kappa shape index (κ2) is 13.5. The number of anilines is 1. The molecule has 2 aromatic rings. The summed E-state index contributed by atoms with van der Waals surface area (Å²) in [6, 6.07) is 12.4. The Balaban J connectivity index is 1.93. The van der Waals surface area contributed by atoms with E-state index in [1.54, 1.807) is 24.3 Å². The van der Waals surface area contributed by atoms with Crippen molar-refractivity contribution < 1.29 is 28.6 Å². The Bertz CT molecular complexity index is 993. The SMILES string of the molecule is CCOc1cc(/C=N\NC(=O)C(=O)NCCOC)ccc1OCC(=O)Nc1cccc(C)c1. The van der Waals surface area contributed by atoms with E-state index >= 15 is 0 Å². The smallest absolute Gasteiger partial charge is 0.329 e. The summed E-state index contributed by atoms with van der Waals surface area (Å²) in [7, 11) is 1.49. The number of hydrogen-bond acceptors (Lipinski definition) is 7. The maximum absolute atomic E-state index is 12.2. The second-order valence-corrected chi connectivity index (χ2v) is 6.79. The summed E-state index contributed by atoms with van der Waals surface area (Å²) >= 11 is 0. The van der Waals surface area contributed by atoms with Crippen molar-refractivity contribution in [2.24, 2.45) is 5.10 Å². The highest BCUT2D eigenvalue weighted by Gasteiger charge is 2.12. The molecule has 0 atom stereocenters. The fourth-order valence-corrected chi connectivity index (χ4v) is 2.62. The summed E-state index contributed by atoms with van der Waals surface area (Å²) in [4.78, 5) is 35.5. The van der Waals surface area contributed by atoms with Crippen LogP contribution in [0.2, 0.25) is 0 Å². The Hall–Kier alpha value is -3.92. The Morgan fingerprint density at radius 1 is 1.03 bits per heavy atom. The molecule has 0 saturated heterocycles. The fourth-order valence-electron chi connectivity index (χ4n) is 2.62. The topological polar surface area (TPSA) is 127 Å². The minimum Gasteiger partial charge on any atom is -0.490 e. The summed E-state index contributed by atoms with van der Waals surface area (Å²) < 4.78 is 16.0. The molecule has 0 aliphatic heterocycles. The lowest BCUT2D eigenvalue weighted by Gasteiger charge is -2.13. The fraction of sp³-hybridized carbons (Fsp3) is 0.304. The normalized spacial score (nSPS) is 10.5. The average molecular weight is 456 g/mol. The lowest BCUT2D eigenvalue weighted by Crippen LogP contribution is -2.39. The predicted molar refractivity (Wildman–Crippen MR) is 124 cm³/mol. The Kier molecular flexibility index (Phi) is 10.4. The number of carbonyl (C=O) groups excluding carboxylic acids is 3. The monoisotopic (exact) mass is 456 g/mol. The van der Waals surface area contributed by atoms with Crippen molar-refractivity contribution >= 4 is 29.6 Å². The molecule has 2 aromatic carbocycles. The van der Waals surface area contributed by atoms with Gasteiger partial charge in [0.15, 0.2) is 18.1 Å². The van der Waals surface area contributed by atoms with Crippen molar-refractivity contribution in [1.29, 1.82) is 0 Å². The number of carbonyl (C=O) groups is 3. The molecule has 3 N–H and O–H groups in total. The van der Waals surface area contributed by atoms with Crippen molar-refractivity contribution in [2.45, 2.75) is 13.8 Å². The first kappa shape index (κ1) is 25.3. The number of rotatable bonds is 11. The van der Waals surface area contributed by atoms with Gasteiger partial charge in [0.05, 0.1) is 19.4 Å². The third-order valence-electron chi connectivity index (χ3n) is 4.11. The molecule has 0 radical (unpaired) electrons. The van der Waals surface area contributed by atoms with Gasteiger partial charge in [-0.15, -0.1) is 0 Å². The number of nitrogens with zero attached hydrogens (tertiary/aromatic N) is 1. The van der Waals surface area contributed by atoms with Crippen molar-refractivity contribution in [3.05, 3.63) is 53.6 Å². The number of benzene rings is 2. The van der Waals surface area contributed by atoms with Crippen molar-refractivity contribution in [2.75, 3.05) is 38.8 Å². The molecule has 0 spiro atoms. The molecule has 3 amide bonds. The molecule has 0 saturated carbocycles. The van der Waals surface area contributed by atoms with Gasteiger partial charge in [-0.2, -0.15) is 5.10 Å². The first-order valence-electron chi connectivity index (χ1n) is 10.3. The zero-order valence-corrected chi connectivity index (χ0v) is 18.8. The van der Waals surface area contributed by atoms with Crippen LogP contribution < -0.4 is 25.5 Å². The van der Waals surface area contributed by atoms with Gasteiger partial charge in [0.25, 0.3) is 5.91 Å². The number of aryl methyl sites for hydroxylation is 1. The van der Waals surface area contributed by atoms with E-state index in [1.165, 1.54) is 13.3 Å². The largest absolute Gasteiger partial charge is 0.490 e. The van der Waals surface area contributed by atoms with Crippen LogP contribution in [0.5, 0.6) is 11.5 Å². The van der Waals surface area contributed by atoms with Crippen LogP contribution in [0.15, 0.2) is 47.6 Å². The number of hydrogen-bond donors (Lipinski definition) is 3. The van der Waals surface area contributed by atoms with E-state index in [2.05, 4.69) is 21.2 Å². The summed E-state index contributed by atoms with van der Waals surface area (Å²) in [5, 5.41) is 8.93. The number of amides is 3. The number of methoxy groups -OCH3 is 1. The standard InChI is InChI=1S/C23H28N4O6/c1-4-32-20-13-17(14-25-27-23(30)22(29)24-10-11-31-3)8-9-19(20)33-15-21(28)26-18-7-5-6-16(2)12-18/h5-9,12-14H,4,10-11,15H2,1-3H3,(H,24,29)(H,26,28)(H,27,30)/b25-14-. The average Bonchev–Trinajstić information content (AvgIpc) is 2.78. The van der Waals surface area contributed by atoms with Gasteiger partial charge >= 0.3 is 11.8 Å². The maximum atomic E-state index is 12.2. The Labute approximate surface area is 192 Å². The Morgan fingerprint density at radius 3 is 2.58 bits per heavy atom. The van der Waals surface area contributed by atoms with E-state index in [0.29, 0.717) is 36.0 Å². The van der Waals surface area contributed by atoms with E-state index in [1.807, 2.05) is 32.0 Å². The highest BCUT2D eigenvalue weighted by molar-refractivity contribution is 6.35. The molecule has 176 valence electrons. The number of nitrogens with one attached hydrogen (secondary N) is 3. The van der Waals surface area contributed by atoms with Crippen LogP contribution in [0.25, 0.3) is 0 Å². The molecule has 0 aromatic heterocycles. The molecule has 0 heterocycles. The van der Waals surface area contributed by atoms with Gasteiger partial charge in [-0.3, -0.25) is 14.4 Å². The third kappa shape index (κ3) is 8.99. The van der Waals surface area contributed by atoms with Crippen molar-refractivity contribution in [1.82, 2.24) is 10.7 Å². The summed E-state index contributed by atoms with van der Waals surface area (Å²) in [5.74, 6) is -1.22. The summed E-state index contributed by atoms with van der Waals surface area (Å²) in [5.41, 5.74) is 4.46. The van der Waals surface area contributed by atoms with Crippen LogP contribution in [-0.2, 0) is 19.1 Å². The van der Waals surface area contributed by atoms with E-state index in [9.17, 15) is 14.4 Å². The van der Waals surface area contributed by atoms with Crippen LogP contribution >= 0.6 is 0 Å². The zero-order valence-electron chi connectivity index (χ0n) is 18.8. The maximum Gasteiger partial charge on any atom is 0.329 e. The molecular formula is C23H28N4O6. The first-order valence-corrected chi connectivity index (χ1v) is 10.3. The molecule has 0 aliphatic carbocycles. The van der Waals surface area contributed by atoms with E-state index in [-0.39, 0.29) is 19.1 Å². The Morgan fingerprint density at radius 2 is 1.85 bits per heavy atom. The molecule has 0 unspecified atom stereocenters. The zero-order chi connectivity index (χ0) is 24.1. The van der Waals surface area contributed by atoms with E-state index in [4.69, 9.17) is 14.2 Å². The van der Waals surface area contributed by atoms with E-state index in [0.717, 1.165) is 5.56 Å². The van der Waals surface area contributed by atoms with Gasteiger partial charge in [-0.05, 0) is 55.3 Å². The van der Waals surface area contributed by atoms with Crippen LogP contribution in [0.3, 0.4) is 0 Å². The molecule has 10 heteroatoms. The quantitative estimate of drug-likeness (QED) is 0.204. The predicted octanol–water partition coefficient (Wildman–Crippen LogP) is 1.62. The minimum absolute atomic E-state index is 0.199. The molecule has 0 fully saturated rings. The van der Waals surface area contributed by atoms with Crippen molar-refractivity contribution in [3.63, 3.8) is 0 Å². The second-order valence-electron chi connectivity index (χ2n) is 6.79. The number of hydrazone groups is 1. The van der Waals surface area contributed by atoms with Crippen LogP contribution in [0, 0.1) is 6.92 Å². The van der Waals surface area contributed by atoms with Gasteiger partial charge in [-0.1, -0.05) is 12.1 Å². The third-order valence-corrected chi connectivity index (χ3v) is 4.11. The lowest BCUT2D eigenvalue weighted by molar-refractivity contribution is -0.139. The van der Waals surface area contributed by atoms with Gasteiger partial charge in [-0.25, -0.2) is 5.43 Å².